The number of nitrogens with zero attached hydrogens (tertiary/aromatic N) is 2. The van der Waals surface area contributed by atoms with E-state index in [0.29, 0.717) is 47.6 Å². The Morgan fingerprint density at radius 3 is 2.67 bits per heavy atom. The highest BCUT2D eigenvalue weighted by Crippen LogP contribution is 2.16. The number of rotatable bonds is 7. The quantitative estimate of drug-likeness (QED) is 0.511. The summed E-state index contributed by atoms with van der Waals surface area (Å²) in [5.41, 5.74) is 2.19. The molecule has 0 radical (unpaired) electrons. The number of H-pyrrole nitrogens is 1. The van der Waals surface area contributed by atoms with Gasteiger partial charge in [-0.3, -0.25) is 9.89 Å². The van der Waals surface area contributed by atoms with Crippen LogP contribution in [0.15, 0.2) is 35.1 Å². The van der Waals surface area contributed by atoms with Crippen molar-refractivity contribution in [2.75, 3.05) is 13.2 Å². The SMILES string of the molecule is CCOC(=O)c1c(C)[nH]n2c(=O)c(CCCOc3ccccc3)c(C)nc12. The van der Waals surface area contributed by atoms with Gasteiger partial charge in [0, 0.05) is 17.0 Å². The normalized spacial score (nSPS) is 10.9. The third kappa shape index (κ3) is 3.86. The molecule has 0 amide bonds. The van der Waals surface area contributed by atoms with Crippen LogP contribution in [-0.4, -0.2) is 33.8 Å². The fraction of sp³-hybridized carbons (Fsp3) is 0.350. The van der Waals surface area contributed by atoms with Crippen molar-refractivity contribution in [3.8, 4) is 5.75 Å². The maximum absolute atomic E-state index is 12.9. The number of esters is 1. The number of hydrogen-bond donors (Lipinski definition) is 1. The molecule has 0 unspecified atom stereocenters. The molecule has 142 valence electrons. The summed E-state index contributed by atoms with van der Waals surface area (Å²) in [5.74, 6) is 0.322. The number of ether oxygens (including phenoxy) is 2. The zero-order valence-corrected chi connectivity index (χ0v) is 15.7. The number of aryl methyl sites for hydroxylation is 2. The van der Waals surface area contributed by atoms with Crippen molar-refractivity contribution < 1.29 is 14.3 Å². The van der Waals surface area contributed by atoms with Crippen LogP contribution in [0.4, 0.5) is 0 Å². The van der Waals surface area contributed by atoms with Gasteiger partial charge in [-0.2, -0.15) is 0 Å². The lowest BCUT2D eigenvalue weighted by molar-refractivity contribution is 0.0527. The smallest absolute Gasteiger partial charge is 0.343 e. The molecule has 7 nitrogen and oxygen atoms in total. The Kier molecular flexibility index (Phi) is 5.59. The highest BCUT2D eigenvalue weighted by Gasteiger charge is 2.21. The van der Waals surface area contributed by atoms with E-state index in [0.717, 1.165) is 5.75 Å². The van der Waals surface area contributed by atoms with Gasteiger partial charge in [0.1, 0.15) is 11.3 Å². The Morgan fingerprint density at radius 1 is 1.22 bits per heavy atom. The van der Waals surface area contributed by atoms with Gasteiger partial charge >= 0.3 is 5.97 Å². The summed E-state index contributed by atoms with van der Waals surface area (Å²) in [6.45, 7) is 6.01. The van der Waals surface area contributed by atoms with E-state index in [9.17, 15) is 9.59 Å². The molecule has 7 heteroatoms. The van der Waals surface area contributed by atoms with Crippen LogP contribution in [0, 0.1) is 13.8 Å². The van der Waals surface area contributed by atoms with E-state index in [4.69, 9.17) is 9.47 Å². The number of carbonyl (C=O) groups excluding carboxylic acids is 1. The van der Waals surface area contributed by atoms with Crippen molar-refractivity contribution >= 4 is 11.6 Å². The molecule has 1 N–H and O–H groups in total. The fourth-order valence-corrected chi connectivity index (χ4v) is 3.02. The number of hydrogen-bond acceptors (Lipinski definition) is 5. The van der Waals surface area contributed by atoms with Gasteiger partial charge < -0.3 is 9.47 Å². The first-order chi connectivity index (χ1) is 13.0. The summed E-state index contributed by atoms with van der Waals surface area (Å²) >= 11 is 0. The third-order valence-electron chi connectivity index (χ3n) is 4.32. The second-order valence-electron chi connectivity index (χ2n) is 6.24. The number of para-hydroxylation sites is 1. The van der Waals surface area contributed by atoms with Gasteiger partial charge in [0.2, 0.25) is 0 Å². The van der Waals surface area contributed by atoms with Gasteiger partial charge in [-0.05, 0) is 45.7 Å². The van der Waals surface area contributed by atoms with Crippen LogP contribution in [0.25, 0.3) is 5.65 Å². The van der Waals surface area contributed by atoms with E-state index in [1.807, 2.05) is 30.3 Å². The van der Waals surface area contributed by atoms with Crippen LogP contribution in [0.1, 0.15) is 40.7 Å². The zero-order chi connectivity index (χ0) is 19.4. The van der Waals surface area contributed by atoms with Gasteiger partial charge in [-0.25, -0.2) is 14.3 Å². The molecular formula is C20H23N3O4. The summed E-state index contributed by atoms with van der Waals surface area (Å²) in [4.78, 5) is 29.5. The monoisotopic (exact) mass is 369 g/mol. The molecule has 1 aromatic carbocycles. The molecule has 0 fully saturated rings. The van der Waals surface area contributed by atoms with Crippen molar-refractivity contribution in [3.05, 3.63) is 63.2 Å². The van der Waals surface area contributed by atoms with Gasteiger partial charge in [0.05, 0.1) is 13.2 Å². The van der Waals surface area contributed by atoms with Crippen LogP contribution in [0.5, 0.6) is 5.75 Å². The molecule has 3 rings (SSSR count). The number of aromatic nitrogens is 3. The van der Waals surface area contributed by atoms with Crippen LogP contribution in [0.2, 0.25) is 0 Å². The molecule has 2 aromatic heterocycles. The van der Waals surface area contributed by atoms with Gasteiger partial charge in [-0.15, -0.1) is 0 Å². The topological polar surface area (TPSA) is 85.7 Å². The second-order valence-corrected chi connectivity index (χ2v) is 6.24. The van der Waals surface area contributed by atoms with Crippen molar-refractivity contribution in [1.82, 2.24) is 14.6 Å². The van der Waals surface area contributed by atoms with E-state index < -0.39 is 5.97 Å². The van der Waals surface area contributed by atoms with E-state index in [2.05, 4.69) is 10.1 Å². The van der Waals surface area contributed by atoms with E-state index in [-0.39, 0.29) is 12.2 Å². The summed E-state index contributed by atoms with van der Waals surface area (Å²) in [6.07, 6.45) is 1.23. The average Bonchev–Trinajstić information content (AvgIpc) is 2.98. The molecule has 27 heavy (non-hydrogen) atoms. The largest absolute Gasteiger partial charge is 0.494 e. The van der Waals surface area contributed by atoms with E-state index >= 15 is 0 Å². The first kappa shape index (κ1) is 18.7. The number of carbonyl (C=O) groups is 1. The predicted octanol–water partition coefficient (Wildman–Crippen LogP) is 2.83. The highest BCUT2D eigenvalue weighted by molar-refractivity contribution is 5.97. The summed E-state index contributed by atoms with van der Waals surface area (Å²) < 4.78 is 12.1. The molecule has 0 saturated carbocycles. The predicted molar refractivity (Wildman–Crippen MR) is 102 cm³/mol. The van der Waals surface area contributed by atoms with E-state index in [1.165, 1.54) is 4.52 Å². The molecule has 0 spiro atoms. The van der Waals surface area contributed by atoms with Crippen LogP contribution < -0.4 is 10.3 Å². The standard InChI is InChI=1S/C20H23N3O4/c1-4-26-20(25)17-14(3)22-23-18(17)21-13(2)16(19(23)24)11-8-12-27-15-9-6-5-7-10-15/h5-7,9-10,22H,4,8,11-12H2,1-3H3. The summed E-state index contributed by atoms with van der Waals surface area (Å²) in [7, 11) is 0. The minimum Gasteiger partial charge on any atom is -0.494 e. The molecule has 0 aliphatic carbocycles. The van der Waals surface area contributed by atoms with Crippen molar-refractivity contribution in [2.45, 2.75) is 33.6 Å². The van der Waals surface area contributed by atoms with Crippen molar-refractivity contribution in [3.63, 3.8) is 0 Å². The lowest BCUT2D eigenvalue weighted by atomic mass is 10.1. The first-order valence-corrected chi connectivity index (χ1v) is 8.98. The van der Waals surface area contributed by atoms with Gasteiger partial charge in [0.15, 0.2) is 5.65 Å². The number of fused-ring (bicyclic) bond motifs is 1. The Balaban J connectivity index is 1.80. The first-order valence-electron chi connectivity index (χ1n) is 8.98. The molecule has 0 atom stereocenters. The molecule has 0 bridgehead atoms. The minimum atomic E-state index is -0.482. The van der Waals surface area contributed by atoms with Gasteiger partial charge in [0.25, 0.3) is 5.56 Å². The zero-order valence-electron chi connectivity index (χ0n) is 15.7. The number of nitrogens with one attached hydrogen (secondary N) is 1. The third-order valence-corrected chi connectivity index (χ3v) is 4.32. The van der Waals surface area contributed by atoms with Crippen LogP contribution >= 0.6 is 0 Å². The number of aromatic amines is 1. The Hall–Kier alpha value is -3.09. The molecule has 2 heterocycles. The average molecular weight is 369 g/mol. The Bertz CT molecular complexity index is 1010. The lowest BCUT2D eigenvalue weighted by Gasteiger charge is -2.08. The molecule has 0 aliphatic heterocycles. The maximum atomic E-state index is 12.9. The lowest BCUT2D eigenvalue weighted by Crippen LogP contribution is -2.23. The van der Waals surface area contributed by atoms with Crippen molar-refractivity contribution in [1.29, 1.82) is 0 Å². The summed E-state index contributed by atoms with van der Waals surface area (Å²) in [5, 5.41) is 2.93. The Labute approximate surface area is 156 Å². The maximum Gasteiger partial charge on any atom is 0.343 e. The Morgan fingerprint density at radius 2 is 1.96 bits per heavy atom. The second kappa shape index (κ2) is 8.07. The highest BCUT2D eigenvalue weighted by atomic mass is 16.5. The number of benzene rings is 1. The van der Waals surface area contributed by atoms with Crippen LogP contribution in [-0.2, 0) is 11.2 Å². The molecule has 0 aliphatic rings. The fourth-order valence-electron chi connectivity index (χ4n) is 3.02. The van der Waals surface area contributed by atoms with E-state index in [1.54, 1.807) is 20.8 Å². The summed E-state index contributed by atoms with van der Waals surface area (Å²) in [6, 6.07) is 9.55. The van der Waals surface area contributed by atoms with Crippen molar-refractivity contribution in [2.24, 2.45) is 0 Å². The molecular weight excluding hydrogens is 346 g/mol. The van der Waals surface area contributed by atoms with Crippen LogP contribution in [0.3, 0.4) is 0 Å². The van der Waals surface area contributed by atoms with Gasteiger partial charge in [-0.1, -0.05) is 18.2 Å². The molecule has 0 saturated heterocycles. The minimum absolute atomic E-state index is 0.198. The molecule has 3 aromatic rings.